The van der Waals surface area contributed by atoms with E-state index in [-0.39, 0.29) is 22.3 Å². The van der Waals surface area contributed by atoms with Crippen LogP contribution in [0.1, 0.15) is 11.1 Å². The number of fused-ring (bicyclic) bond motifs is 1. The summed E-state index contributed by atoms with van der Waals surface area (Å²) in [6.07, 6.45) is -4.71. The lowest BCUT2D eigenvalue weighted by molar-refractivity contribution is -0.385. The summed E-state index contributed by atoms with van der Waals surface area (Å²) in [5, 5.41) is 13.4. The number of hydrogen-bond donors (Lipinski definition) is 2. The number of H-pyrrole nitrogens is 1. The maximum absolute atomic E-state index is 13.2. The molecule has 2 amide bonds. The molecule has 1 heterocycles. The largest absolute Gasteiger partial charge is 0.418 e. The van der Waals surface area contributed by atoms with Crippen molar-refractivity contribution in [3.8, 4) is 0 Å². The lowest BCUT2D eigenvalue weighted by Crippen LogP contribution is -2.42. The second-order valence-electron chi connectivity index (χ2n) is 6.91. The SMILES string of the molecule is Cc1cc2[nH]c(=O)c(=O)n(CN(C)C(=O)Nc3ccccc3C(F)(F)F)c2cc1[N+](=O)[O-]. The van der Waals surface area contributed by atoms with Crippen LogP contribution in [0.25, 0.3) is 11.0 Å². The molecule has 0 saturated carbocycles. The van der Waals surface area contributed by atoms with Crippen molar-refractivity contribution in [1.82, 2.24) is 14.5 Å². The number of anilines is 1. The quantitative estimate of drug-likeness (QED) is 0.358. The summed E-state index contributed by atoms with van der Waals surface area (Å²) in [4.78, 5) is 50.7. The summed E-state index contributed by atoms with van der Waals surface area (Å²) >= 11 is 0. The van der Waals surface area contributed by atoms with Crippen LogP contribution in [0, 0.1) is 17.0 Å². The van der Waals surface area contributed by atoms with Crippen LogP contribution in [0.3, 0.4) is 0 Å². The number of halogens is 3. The van der Waals surface area contributed by atoms with E-state index in [0.29, 0.717) is 0 Å². The number of aromatic amines is 1. The van der Waals surface area contributed by atoms with Gasteiger partial charge in [0.2, 0.25) is 0 Å². The zero-order valence-corrected chi connectivity index (χ0v) is 16.7. The van der Waals surface area contributed by atoms with E-state index in [4.69, 9.17) is 0 Å². The van der Waals surface area contributed by atoms with Gasteiger partial charge in [-0.2, -0.15) is 13.2 Å². The number of para-hydroxylation sites is 1. The predicted molar refractivity (Wildman–Crippen MR) is 108 cm³/mol. The molecule has 2 N–H and O–H groups in total. The Kier molecular flexibility index (Phi) is 5.75. The molecule has 3 rings (SSSR count). The van der Waals surface area contributed by atoms with E-state index in [9.17, 15) is 37.7 Å². The number of aromatic nitrogens is 2. The maximum atomic E-state index is 13.2. The van der Waals surface area contributed by atoms with Gasteiger partial charge in [0.25, 0.3) is 5.69 Å². The fraction of sp³-hybridized carbons (Fsp3) is 0.211. The number of amides is 2. The molecule has 2 aromatic carbocycles. The number of carbonyl (C=O) groups is 1. The van der Waals surface area contributed by atoms with Crippen LogP contribution in [-0.4, -0.2) is 32.5 Å². The van der Waals surface area contributed by atoms with E-state index in [0.717, 1.165) is 27.7 Å². The molecule has 168 valence electrons. The Bertz CT molecular complexity index is 1350. The highest BCUT2D eigenvalue weighted by atomic mass is 19.4. The highest BCUT2D eigenvalue weighted by Crippen LogP contribution is 2.34. The molecule has 0 aliphatic carbocycles. The van der Waals surface area contributed by atoms with Gasteiger partial charge in [0, 0.05) is 18.7 Å². The van der Waals surface area contributed by atoms with Crippen LogP contribution in [0.4, 0.5) is 29.3 Å². The van der Waals surface area contributed by atoms with Gasteiger partial charge in [-0.25, -0.2) is 4.79 Å². The van der Waals surface area contributed by atoms with Crippen LogP contribution in [0.5, 0.6) is 0 Å². The number of urea groups is 1. The number of nitrogens with one attached hydrogen (secondary N) is 2. The molecule has 0 bridgehead atoms. The number of nitro benzene ring substituents is 1. The molecule has 0 atom stereocenters. The number of nitro groups is 1. The van der Waals surface area contributed by atoms with E-state index in [1.54, 1.807) is 0 Å². The van der Waals surface area contributed by atoms with Gasteiger partial charge in [-0.3, -0.25) is 24.3 Å². The molecule has 0 aliphatic rings. The lowest BCUT2D eigenvalue weighted by atomic mass is 10.1. The van der Waals surface area contributed by atoms with Crippen molar-refractivity contribution in [2.75, 3.05) is 12.4 Å². The highest BCUT2D eigenvalue weighted by Gasteiger charge is 2.33. The molecular formula is C19H16F3N5O5. The molecule has 13 heteroatoms. The van der Waals surface area contributed by atoms with Crippen LogP contribution in [0.15, 0.2) is 46.0 Å². The molecule has 0 unspecified atom stereocenters. The Hall–Kier alpha value is -4.16. The number of hydrogen-bond acceptors (Lipinski definition) is 5. The summed E-state index contributed by atoms with van der Waals surface area (Å²) in [5.74, 6) is 0. The Morgan fingerprint density at radius 3 is 2.53 bits per heavy atom. The first-order valence-electron chi connectivity index (χ1n) is 9.00. The van der Waals surface area contributed by atoms with E-state index in [1.807, 2.05) is 0 Å². The highest BCUT2D eigenvalue weighted by molar-refractivity contribution is 5.90. The molecule has 1 aromatic heterocycles. The third-order valence-electron chi connectivity index (χ3n) is 4.66. The molecule has 0 saturated heterocycles. The number of nitrogens with zero attached hydrogens (tertiary/aromatic N) is 3. The summed E-state index contributed by atoms with van der Waals surface area (Å²) in [7, 11) is 1.19. The molecule has 0 fully saturated rings. The zero-order chi connectivity index (χ0) is 23.8. The fourth-order valence-corrected chi connectivity index (χ4v) is 3.08. The monoisotopic (exact) mass is 451 g/mol. The predicted octanol–water partition coefficient (Wildman–Crippen LogP) is 3.05. The number of benzene rings is 2. The average Bonchev–Trinajstić information content (AvgIpc) is 2.70. The van der Waals surface area contributed by atoms with Gasteiger partial charge < -0.3 is 15.2 Å². The summed E-state index contributed by atoms with van der Waals surface area (Å²) in [5.41, 5.74) is -3.66. The van der Waals surface area contributed by atoms with Gasteiger partial charge in [0.05, 0.1) is 27.2 Å². The minimum atomic E-state index is -4.71. The second-order valence-corrected chi connectivity index (χ2v) is 6.91. The first kappa shape index (κ1) is 22.5. The minimum Gasteiger partial charge on any atom is -0.316 e. The Morgan fingerprint density at radius 2 is 1.91 bits per heavy atom. The average molecular weight is 451 g/mol. The molecule has 3 aromatic rings. The van der Waals surface area contributed by atoms with Gasteiger partial charge in [-0.15, -0.1) is 0 Å². The second kappa shape index (κ2) is 8.17. The van der Waals surface area contributed by atoms with E-state index >= 15 is 0 Å². The number of alkyl halides is 3. The first-order valence-corrected chi connectivity index (χ1v) is 9.00. The van der Waals surface area contributed by atoms with Crippen LogP contribution in [0.2, 0.25) is 0 Å². The van der Waals surface area contributed by atoms with Crippen molar-refractivity contribution in [3.05, 3.63) is 78.3 Å². The smallest absolute Gasteiger partial charge is 0.316 e. The van der Waals surface area contributed by atoms with E-state index < -0.39 is 46.2 Å². The zero-order valence-electron chi connectivity index (χ0n) is 16.7. The Balaban J connectivity index is 1.99. The Labute approximate surface area is 177 Å². The fourth-order valence-electron chi connectivity index (χ4n) is 3.08. The molecular weight excluding hydrogens is 435 g/mol. The summed E-state index contributed by atoms with van der Waals surface area (Å²) < 4.78 is 40.3. The van der Waals surface area contributed by atoms with Crippen molar-refractivity contribution < 1.29 is 22.9 Å². The van der Waals surface area contributed by atoms with Crippen molar-refractivity contribution >= 4 is 28.4 Å². The van der Waals surface area contributed by atoms with Crippen LogP contribution in [-0.2, 0) is 12.8 Å². The van der Waals surface area contributed by atoms with Gasteiger partial charge in [0.15, 0.2) is 0 Å². The molecule has 10 nitrogen and oxygen atoms in total. The van der Waals surface area contributed by atoms with Crippen LogP contribution >= 0.6 is 0 Å². The lowest BCUT2D eigenvalue weighted by Gasteiger charge is -2.21. The van der Waals surface area contributed by atoms with E-state index in [2.05, 4.69) is 10.3 Å². The van der Waals surface area contributed by atoms with Gasteiger partial charge >= 0.3 is 23.3 Å². The molecule has 0 spiro atoms. The van der Waals surface area contributed by atoms with Gasteiger partial charge in [-0.05, 0) is 25.1 Å². The molecule has 0 radical (unpaired) electrons. The standard InChI is InChI=1S/C19H16F3N5O5/c1-10-7-13-15(8-14(10)27(31)32)26(17(29)16(28)23-13)9-25(2)18(30)24-12-6-4-3-5-11(12)19(20,21)22/h3-8H,9H2,1-2H3,(H,23,28)(H,24,30). The maximum Gasteiger partial charge on any atom is 0.418 e. The van der Waals surface area contributed by atoms with Gasteiger partial charge in [0.1, 0.15) is 6.67 Å². The summed E-state index contributed by atoms with van der Waals surface area (Å²) in [6.45, 7) is 0.891. The Morgan fingerprint density at radius 1 is 1.25 bits per heavy atom. The third-order valence-corrected chi connectivity index (χ3v) is 4.66. The molecule has 0 aliphatic heterocycles. The normalized spacial score (nSPS) is 11.4. The third kappa shape index (κ3) is 4.31. The topological polar surface area (TPSA) is 130 Å². The van der Waals surface area contributed by atoms with E-state index in [1.165, 1.54) is 32.2 Å². The first-order chi connectivity index (χ1) is 14.9. The van der Waals surface area contributed by atoms with Crippen LogP contribution < -0.4 is 16.4 Å². The van der Waals surface area contributed by atoms with Crippen molar-refractivity contribution in [3.63, 3.8) is 0 Å². The number of carbonyl (C=O) groups excluding carboxylic acids is 1. The van der Waals surface area contributed by atoms with Crippen molar-refractivity contribution in [1.29, 1.82) is 0 Å². The van der Waals surface area contributed by atoms with Gasteiger partial charge in [-0.1, -0.05) is 12.1 Å². The minimum absolute atomic E-state index is 0.0257. The molecule has 32 heavy (non-hydrogen) atoms. The number of rotatable bonds is 4. The number of aryl methyl sites for hydroxylation is 1. The van der Waals surface area contributed by atoms with Crippen molar-refractivity contribution in [2.45, 2.75) is 19.8 Å². The summed E-state index contributed by atoms with van der Waals surface area (Å²) in [6, 6.07) is 5.72. The van der Waals surface area contributed by atoms with Crippen molar-refractivity contribution in [2.24, 2.45) is 0 Å².